The predicted octanol–water partition coefficient (Wildman–Crippen LogP) is 2.10. The number of carbonyl (C=O) groups is 2. The summed E-state index contributed by atoms with van der Waals surface area (Å²) in [6.45, 7) is 6.19. The Morgan fingerprint density at radius 2 is 1.92 bits per heavy atom. The van der Waals surface area contributed by atoms with Gasteiger partial charge < -0.3 is 10.6 Å². The highest BCUT2D eigenvalue weighted by Gasteiger charge is 2.21. The van der Waals surface area contributed by atoms with Crippen LogP contribution in [0.4, 0.5) is 5.82 Å². The Morgan fingerprint density at radius 1 is 1.21 bits per heavy atom. The second-order valence-corrected chi connectivity index (χ2v) is 6.44. The molecule has 2 amide bonds. The summed E-state index contributed by atoms with van der Waals surface area (Å²) in [7, 11) is 0. The molecule has 1 unspecified atom stereocenters. The molecule has 1 atom stereocenters. The molecule has 0 aliphatic carbocycles. The number of hydrogen-bond acceptors (Lipinski definition) is 4. The van der Waals surface area contributed by atoms with Crippen molar-refractivity contribution in [2.75, 3.05) is 25.0 Å². The first-order chi connectivity index (χ1) is 11.6. The highest BCUT2D eigenvalue weighted by atomic mass is 16.2. The molecule has 1 aromatic rings. The van der Waals surface area contributed by atoms with Gasteiger partial charge in [-0.2, -0.15) is 0 Å². The summed E-state index contributed by atoms with van der Waals surface area (Å²) in [6, 6.07) is 3.53. The third-order valence-electron chi connectivity index (χ3n) is 4.40. The zero-order valence-corrected chi connectivity index (χ0v) is 14.7. The molecule has 24 heavy (non-hydrogen) atoms. The van der Waals surface area contributed by atoms with E-state index in [4.69, 9.17) is 0 Å². The molecule has 0 saturated carbocycles. The zero-order chi connectivity index (χ0) is 17.4. The normalized spacial score (nSPS) is 16.9. The number of likely N-dealkylation sites (tertiary alicyclic amines) is 1. The highest BCUT2D eigenvalue weighted by Crippen LogP contribution is 2.12. The number of pyridine rings is 1. The van der Waals surface area contributed by atoms with E-state index >= 15 is 0 Å². The minimum absolute atomic E-state index is 0.00170. The minimum Gasteiger partial charge on any atom is -0.354 e. The van der Waals surface area contributed by atoms with E-state index in [1.54, 1.807) is 12.3 Å². The molecule has 1 aromatic heterocycles. The Labute approximate surface area is 144 Å². The van der Waals surface area contributed by atoms with E-state index in [0.29, 0.717) is 12.4 Å². The van der Waals surface area contributed by atoms with E-state index in [1.807, 2.05) is 19.9 Å². The van der Waals surface area contributed by atoms with E-state index < -0.39 is 0 Å². The summed E-state index contributed by atoms with van der Waals surface area (Å²) in [4.78, 5) is 30.5. The monoisotopic (exact) mass is 332 g/mol. The molecule has 6 heteroatoms. The summed E-state index contributed by atoms with van der Waals surface area (Å²) < 4.78 is 0. The fourth-order valence-electron chi connectivity index (χ4n) is 2.84. The van der Waals surface area contributed by atoms with Gasteiger partial charge in [0.25, 0.3) is 0 Å². The van der Waals surface area contributed by atoms with Crippen LogP contribution in [0.25, 0.3) is 0 Å². The van der Waals surface area contributed by atoms with Gasteiger partial charge in [0.15, 0.2) is 0 Å². The SMILES string of the molecule is Cc1ccc(NC(=O)CCNC(=O)C(C)N2CCCCCC2)nc1. The molecule has 0 bridgehead atoms. The molecular formula is C18H28N4O2. The molecule has 132 valence electrons. The van der Waals surface area contributed by atoms with E-state index in [-0.39, 0.29) is 24.3 Å². The van der Waals surface area contributed by atoms with E-state index in [0.717, 1.165) is 31.5 Å². The summed E-state index contributed by atoms with van der Waals surface area (Å²) in [5.74, 6) is 0.391. The number of carbonyl (C=O) groups excluding carboxylic acids is 2. The van der Waals surface area contributed by atoms with Gasteiger partial charge in [-0.25, -0.2) is 4.98 Å². The highest BCUT2D eigenvalue weighted by molar-refractivity contribution is 5.90. The van der Waals surface area contributed by atoms with Crippen molar-refractivity contribution in [2.24, 2.45) is 0 Å². The number of rotatable bonds is 6. The van der Waals surface area contributed by atoms with E-state index in [9.17, 15) is 9.59 Å². The lowest BCUT2D eigenvalue weighted by Crippen LogP contribution is -2.46. The zero-order valence-electron chi connectivity index (χ0n) is 14.7. The minimum atomic E-state index is -0.144. The Hall–Kier alpha value is -1.95. The summed E-state index contributed by atoms with van der Waals surface area (Å²) in [5.41, 5.74) is 1.04. The maximum Gasteiger partial charge on any atom is 0.237 e. The van der Waals surface area contributed by atoms with Gasteiger partial charge in [0.2, 0.25) is 11.8 Å². The van der Waals surface area contributed by atoms with Crippen molar-refractivity contribution >= 4 is 17.6 Å². The lowest BCUT2D eigenvalue weighted by Gasteiger charge is -2.26. The quantitative estimate of drug-likeness (QED) is 0.836. The fraction of sp³-hybridized carbons (Fsp3) is 0.611. The van der Waals surface area contributed by atoms with Crippen molar-refractivity contribution in [1.29, 1.82) is 0 Å². The van der Waals surface area contributed by atoms with Crippen LogP contribution in [0.5, 0.6) is 0 Å². The molecule has 1 saturated heterocycles. The molecule has 2 N–H and O–H groups in total. The Morgan fingerprint density at radius 3 is 2.54 bits per heavy atom. The number of aryl methyl sites for hydroxylation is 1. The molecule has 0 spiro atoms. The van der Waals surface area contributed by atoms with Crippen LogP contribution in [0, 0.1) is 6.92 Å². The summed E-state index contributed by atoms with van der Waals surface area (Å²) in [5, 5.41) is 5.60. The van der Waals surface area contributed by atoms with Gasteiger partial charge >= 0.3 is 0 Å². The molecule has 1 fully saturated rings. The number of nitrogens with zero attached hydrogens (tertiary/aromatic N) is 2. The molecule has 0 aromatic carbocycles. The van der Waals surface area contributed by atoms with Crippen molar-refractivity contribution in [1.82, 2.24) is 15.2 Å². The second-order valence-electron chi connectivity index (χ2n) is 6.44. The number of aromatic nitrogens is 1. The van der Waals surface area contributed by atoms with Crippen LogP contribution in [-0.4, -0.2) is 47.4 Å². The average molecular weight is 332 g/mol. The summed E-state index contributed by atoms with van der Waals surface area (Å²) >= 11 is 0. The number of nitrogens with one attached hydrogen (secondary N) is 2. The Kier molecular flexibility index (Phi) is 7.18. The van der Waals surface area contributed by atoms with Gasteiger partial charge in [-0.15, -0.1) is 0 Å². The van der Waals surface area contributed by atoms with Gasteiger partial charge in [-0.05, 0) is 51.4 Å². The molecule has 6 nitrogen and oxygen atoms in total. The molecule has 0 radical (unpaired) electrons. The first-order valence-corrected chi connectivity index (χ1v) is 8.80. The van der Waals surface area contributed by atoms with Crippen LogP contribution in [0.3, 0.4) is 0 Å². The van der Waals surface area contributed by atoms with Crippen molar-refractivity contribution in [3.05, 3.63) is 23.9 Å². The lowest BCUT2D eigenvalue weighted by molar-refractivity contribution is -0.126. The van der Waals surface area contributed by atoms with Crippen LogP contribution >= 0.6 is 0 Å². The van der Waals surface area contributed by atoms with Gasteiger partial charge in [-0.1, -0.05) is 18.9 Å². The molecule has 1 aliphatic heterocycles. The van der Waals surface area contributed by atoms with Crippen LogP contribution < -0.4 is 10.6 Å². The molecule has 2 heterocycles. The van der Waals surface area contributed by atoms with Crippen LogP contribution in [-0.2, 0) is 9.59 Å². The third-order valence-corrected chi connectivity index (χ3v) is 4.40. The van der Waals surface area contributed by atoms with Crippen molar-refractivity contribution < 1.29 is 9.59 Å². The predicted molar refractivity (Wildman–Crippen MR) is 94.7 cm³/mol. The first kappa shape index (κ1) is 18.4. The van der Waals surface area contributed by atoms with Gasteiger partial charge in [0.05, 0.1) is 6.04 Å². The van der Waals surface area contributed by atoms with E-state index in [2.05, 4.69) is 20.5 Å². The molecule has 2 rings (SSSR count). The van der Waals surface area contributed by atoms with E-state index in [1.165, 1.54) is 12.8 Å². The number of hydrogen-bond donors (Lipinski definition) is 2. The smallest absolute Gasteiger partial charge is 0.237 e. The Balaban J connectivity index is 1.69. The number of anilines is 1. The second kappa shape index (κ2) is 9.37. The van der Waals surface area contributed by atoms with Gasteiger partial charge in [0.1, 0.15) is 5.82 Å². The van der Waals surface area contributed by atoms with Gasteiger partial charge in [0, 0.05) is 19.2 Å². The maximum absolute atomic E-state index is 12.2. The van der Waals surface area contributed by atoms with Crippen LogP contribution in [0.1, 0.15) is 44.6 Å². The van der Waals surface area contributed by atoms with Crippen LogP contribution in [0.15, 0.2) is 18.3 Å². The first-order valence-electron chi connectivity index (χ1n) is 8.80. The van der Waals surface area contributed by atoms with Crippen LogP contribution in [0.2, 0.25) is 0 Å². The third kappa shape index (κ3) is 5.92. The lowest BCUT2D eigenvalue weighted by atomic mass is 10.2. The largest absolute Gasteiger partial charge is 0.354 e. The van der Waals surface area contributed by atoms with Crippen molar-refractivity contribution in [2.45, 2.75) is 52.0 Å². The standard InChI is InChI=1S/C18H28N4O2/c1-14-7-8-16(20-13-14)21-17(23)9-10-19-18(24)15(2)22-11-5-3-4-6-12-22/h7-8,13,15H,3-6,9-12H2,1-2H3,(H,19,24)(H,20,21,23). The summed E-state index contributed by atoms with van der Waals surface area (Å²) in [6.07, 6.45) is 6.76. The average Bonchev–Trinajstić information content (AvgIpc) is 2.85. The Bertz CT molecular complexity index is 536. The van der Waals surface area contributed by atoms with Crippen molar-refractivity contribution in [3.8, 4) is 0 Å². The van der Waals surface area contributed by atoms with Crippen molar-refractivity contribution in [3.63, 3.8) is 0 Å². The topological polar surface area (TPSA) is 74.3 Å². The molecular weight excluding hydrogens is 304 g/mol. The molecule has 1 aliphatic rings. The maximum atomic E-state index is 12.2. The fourth-order valence-corrected chi connectivity index (χ4v) is 2.84. The number of amides is 2. The van der Waals surface area contributed by atoms with Gasteiger partial charge in [-0.3, -0.25) is 14.5 Å².